The zero-order valence-corrected chi connectivity index (χ0v) is 14.2. The van der Waals surface area contributed by atoms with Crippen molar-refractivity contribution in [1.82, 2.24) is 4.90 Å². The van der Waals surface area contributed by atoms with Crippen LogP contribution in [0.2, 0.25) is 0 Å². The number of halogens is 3. The summed E-state index contributed by atoms with van der Waals surface area (Å²) in [6, 6.07) is 9.44. The molecule has 0 aromatic heterocycles. The maximum absolute atomic E-state index is 13.8. The number of carbonyl (C=O) groups is 1. The fraction of sp³-hybridized carbons (Fsp3) is 0.611. The van der Waals surface area contributed by atoms with Crippen molar-refractivity contribution in [2.45, 2.75) is 49.7 Å². The van der Waals surface area contributed by atoms with Crippen molar-refractivity contribution in [1.29, 1.82) is 0 Å². The highest BCUT2D eigenvalue weighted by atomic mass is 19.4. The van der Waals surface area contributed by atoms with Gasteiger partial charge < -0.3 is 14.6 Å². The molecule has 1 aromatic carbocycles. The summed E-state index contributed by atoms with van der Waals surface area (Å²) in [4.78, 5) is 12.6. The van der Waals surface area contributed by atoms with E-state index in [9.17, 15) is 23.1 Å². The molecule has 2 fully saturated rings. The second-order valence-electron chi connectivity index (χ2n) is 6.75. The second-order valence-corrected chi connectivity index (χ2v) is 6.75. The number of piperidine rings is 1. The Bertz CT molecular complexity index is 625. The summed E-state index contributed by atoms with van der Waals surface area (Å²) in [6.45, 7) is 0.208. The molecule has 0 amide bonds. The lowest BCUT2D eigenvalue weighted by Gasteiger charge is -2.49. The first kappa shape index (κ1) is 19.1. The lowest BCUT2D eigenvalue weighted by atomic mass is 9.85. The Morgan fingerprint density at radius 3 is 2.62 bits per heavy atom. The number of carboxylic acids is 1. The minimum absolute atomic E-state index is 0.0118. The fourth-order valence-corrected chi connectivity index (χ4v) is 3.79. The number of nitrogens with zero attached hydrogens (tertiary/aromatic N) is 1. The summed E-state index contributed by atoms with van der Waals surface area (Å²) in [5, 5.41) is 9.47. The molecule has 0 saturated carbocycles. The molecule has 2 heterocycles. The SMILES string of the molecule is O=C(O)C1(C(F)(F)F)CCCCN1C1COCC(Cc2ccccc2)O1. The van der Waals surface area contributed by atoms with Crippen LogP contribution in [-0.2, 0) is 20.7 Å². The van der Waals surface area contributed by atoms with Gasteiger partial charge in [-0.15, -0.1) is 0 Å². The zero-order chi connectivity index (χ0) is 18.8. The Hall–Kier alpha value is -1.64. The van der Waals surface area contributed by atoms with E-state index in [2.05, 4.69) is 0 Å². The summed E-state index contributed by atoms with van der Waals surface area (Å²) < 4.78 is 52.7. The van der Waals surface area contributed by atoms with E-state index in [4.69, 9.17) is 9.47 Å². The molecule has 0 bridgehead atoms. The zero-order valence-electron chi connectivity index (χ0n) is 14.2. The van der Waals surface area contributed by atoms with E-state index in [-0.39, 0.29) is 26.2 Å². The van der Waals surface area contributed by atoms with Gasteiger partial charge in [-0.05, 0) is 24.8 Å². The Morgan fingerprint density at radius 2 is 1.96 bits per heavy atom. The molecule has 3 unspecified atom stereocenters. The maximum Gasteiger partial charge on any atom is 0.417 e. The summed E-state index contributed by atoms with van der Waals surface area (Å²) in [5.74, 6) is -1.88. The number of carboxylic acid groups (broad SMARTS) is 1. The molecule has 1 N–H and O–H groups in total. The Labute approximate surface area is 149 Å². The highest BCUT2D eigenvalue weighted by Gasteiger charge is 2.66. The minimum Gasteiger partial charge on any atom is -0.480 e. The number of aliphatic carboxylic acids is 1. The van der Waals surface area contributed by atoms with Crippen molar-refractivity contribution in [2.75, 3.05) is 19.8 Å². The van der Waals surface area contributed by atoms with Gasteiger partial charge in [0.2, 0.25) is 5.54 Å². The third kappa shape index (κ3) is 3.58. The number of alkyl halides is 3. The normalized spacial score (nSPS) is 30.9. The van der Waals surface area contributed by atoms with Gasteiger partial charge in [0.15, 0.2) is 0 Å². The molecule has 2 saturated heterocycles. The topological polar surface area (TPSA) is 59.0 Å². The van der Waals surface area contributed by atoms with Crippen molar-refractivity contribution >= 4 is 5.97 Å². The average Bonchev–Trinajstić information content (AvgIpc) is 2.61. The van der Waals surface area contributed by atoms with Gasteiger partial charge >= 0.3 is 12.1 Å². The van der Waals surface area contributed by atoms with Gasteiger partial charge in [-0.25, -0.2) is 4.79 Å². The summed E-state index contributed by atoms with van der Waals surface area (Å²) in [7, 11) is 0. The summed E-state index contributed by atoms with van der Waals surface area (Å²) in [6.07, 6.45) is -5.62. The number of benzene rings is 1. The lowest BCUT2D eigenvalue weighted by Crippen LogP contribution is -2.70. The minimum atomic E-state index is -4.89. The highest BCUT2D eigenvalue weighted by Crippen LogP contribution is 2.44. The Balaban J connectivity index is 1.80. The number of ether oxygens (including phenoxy) is 2. The third-order valence-corrected chi connectivity index (χ3v) is 5.07. The van der Waals surface area contributed by atoms with E-state index >= 15 is 0 Å². The number of rotatable bonds is 4. The van der Waals surface area contributed by atoms with Crippen molar-refractivity contribution in [3.05, 3.63) is 35.9 Å². The molecule has 1 aromatic rings. The number of hydrogen-bond acceptors (Lipinski definition) is 4. The van der Waals surface area contributed by atoms with Crippen LogP contribution in [0, 0.1) is 0 Å². The molecule has 2 aliphatic rings. The van der Waals surface area contributed by atoms with Gasteiger partial charge in [0.05, 0.1) is 19.3 Å². The van der Waals surface area contributed by atoms with Crippen molar-refractivity contribution in [3.8, 4) is 0 Å². The second kappa shape index (κ2) is 7.54. The van der Waals surface area contributed by atoms with Crippen LogP contribution in [0.15, 0.2) is 30.3 Å². The van der Waals surface area contributed by atoms with E-state index in [0.29, 0.717) is 12.8 Å². The first-order valence-corrected chi connectivity index (χ1v) is 8.68. The first-order chi connectivity index (χ1) is 12.3. The van der Waals surface area contributed by atoms with Crippen LogP contribution in [0.1, 0.15) is 24.8 Å². The van der Waals surface area contributed by atoms with Gasteiger partial charge in [0, 0.05) is 13.0 Å². The lowest BCUT2D eigenvalue weighted by molar-refractivity contribution is -0.289. The monoisotopic (exact) mass is 373 g/mol. The molecule has 144 valence electrons. The molecule has 26 heavy (non-hydrogen) atoms. The quantitative estimate of drug-likeness (QED) is 0.880. The van der Waals surface area contributed by atoms with Crippen LogP contribution < -0.4 is 0 Å². The van der Waals surface area contributed by atoms with Gasteiger partial charge in [-0.2, -0.15) is 13.2 Å². The van der Waals surface area contributed by atoms with E-state index in [1.807, 2.05) is 30.3 Å². The molecule has 3 rings (SSSR count). The molecular weight excluding hydrogens is 351 g/mol. The van der Waals surface area contributed by atoms with Crippen molar-refractivity contribution in [2.24, 2.45) is 0 Å². The summed E-state index contributed by atoms with van der Waals surface area (Å²) >= 11 is 0. The predicted molar refractivity (Wildman–Crippen MR) is 86.6 cm³/mol. The van der Waals surface area contributed by atoms with Crippen LogP contribution >= 0.6 is 0 Å². The molecular formula is C18H22F3NO4. The predicted octanol–water partition coefficient (Wildman–Crippen LogP) is 2.84. The van der Waals surface area contributed by atoms with E-state index in [1.165, 1.54) is 0 Å². The van der Waals surface area contributed by atoms with Gasteiger partial charge in [-0.3, -0.25) is 4.90 Å². The van der Waals surface area contributed by atoms with Crippen LogP contribution in [0.5, 0.6) is 0 Å². The molecule has 8 heteroatoms. The van der Waals surface area contributed by atoms with Gasteiger partial charge in [0.1, 0.15) is 6.23 Å². The Morgan fingerprint density at radius 1 is 1.23 bits per heavy atom. The standard InChI is InChI=1S/C18H22F3NO4/c19-18(20,21)17(16(23)24)8-4-5-9-22(17)15-12-25-11-14(26-15)10-13-6-2-1-3-7-13/h1-3,6-7,14-15H,4-5,8-12H2,(H,23,24). The van der Waals surface area contributed by atoms with Crippen LogP contribution in [0.4, 0.5) is 13.2 Å². The van der Waals surface area contributed by atoms with E-state index < -0.39 is 36.4 Å². The van der Waals surface area contributed by atoms with E-state index in [1.54, 1.807) is 0 Å². The molecule has 0 aliphatic carbocycles. The van der Waals surface area contributed by atoms with Crippen molar-refractivity contribution in [3.63, 3.8) is 0 Å². The van der Waals surface area contributed by atoms with Gasteiger partial charge in [0.25, 0.3) is 0 Å². The fourth-order valence-electron chi connectivity index (χ4n) is 3.79. The molecule has 5 nitrogen and oxygen atoms in total. The molecule has 3 atom stereocenters. The highest BCUT2D eigenvalue weighted by molar-refractivity contribution is 5.80. The number of likely N-dealkylation sites (tertiary alicyclic amines) is 1. The van der Waals surface area contributed by atoms with Crippen LogP contribution in [-0.4, -0.2) is 59.8 Å². The molecule has 0 spiro atoms. The third-order valence-electron chi connectivity index (χ3n) is 5.07. The van der Waals surface area contributed by atoms with Crippen LogP contribution in [0.3, 0.4) is 0 Å². The first-order valence-electron chi connectivity index (χ1n) is 8.68. The smallest absolute Gasteiger partial charge is 0.417 e. The molecule has 2 aliphatic heterocycles. The van der Waals surface area contributed by atoms with E-state index in [0.717, 1.165) is 10.5 Å². The van der Waals surface area contributed by atoms with Crippen molar-refractivity contribution < 1.29 is 32.5 Å². The van der Waals surface area contributed by atoms with Gasteiger partial charge in [-0.1, -0.05) is 30.3 Å². The Kier molecular flexibility index (Phi) is 5.55. The summed E-state index contributed by atoms with van der Waals surface area (Å²) in [5.41, 5.74) is -1.94. The maximum atomic E-state index is 13.8. The average molecular weight is 373 g/mol. The number of hydrogen-bond donors (Lipinski definition) is 1. The molecule has 0 radical (unpaired) electrons. The van der Waals surface area contributed by atoms with Crippen LogP contribution in [0.25, 0.3) is 0 Å². The largest absolute Gasteiger partial charge is 0.480 e.